The van der Waals surface area contributed by atoms with Crippen molar-refractivity contribution < 1.29 is 9.90 Å². The van der Waals surface area contributed by atoms with E-state index in [-0.39, 0.29) is 0 Å². The van der Waals surface area contributed by atoms with Crippen LogP contribution in [0.5, 0.6) is 0 Å². The molecule has 0 bridgehead atoms. The number of aliphatic carboxylic acids is 1. The first-order valence-corrected chi connectivity index (χ1v) is 8.24. The van der Waals surface area contributed by atoms with Crippen LogP contribution in [0.25, 0.3) is 0 Å². The molecule has 0 saturated heterocycles. The van der Waals surface area contributed by atoms with Crippen LogP contribution in [0.2, 0.25) is 25.7 Å². The molecule has 72 valence electrons. The molecule has 0 fully saturated rings. The van der Waals surface area contributed by atoms with Crippen LogP contribution in [0.4, 0.5) is 0 Å². The second-order valence-electron chi connectivity index (χ2n) is 4.80. The van der Waals surface area contributed by atoms with Gasteiger partial charge < -0.3 is 5.11 Å². The van der Waals surface area contributed by atoms with E-state index in [9.17, 15) is 4.79 Å². The van der Waals surface area contributed by atoms with Gasteiger partial charge in [0.1, 0.15) is 0 Å². The lowest BCUT2D eigenvalue weighted by molar-refractivity contribution is -0.137. The molecule has 0 aromatic rings. The van der Waals surface area contributed by atoms with Crippen molar-refractivity contribution >= 4 is 14.0 Å². The molecule has 1 atom stereocenters. The fourth-order valence-corrected chi connectivity index (χ4v) is 3.81. The summed E-state index contributed by atoms with van der Waals surface area (Å²) >= 11 is 0. The summed E-state index contributed by atoms with van der Waals surface area (Å²) in [7, 11) is -0.985. The zero-order valence-corrected chi connectivity index (χ0v) is 9.55. The Hall–Kier alpha value is -0.313. The molecule has 0 saturated carbocycles. The number of carboxylic acids is 1. The van der Waals surface area contributed by atoms with Crippen molar-refractivity contribution in [2.24, 2.45) is 5.92 Å². The third-order valence-electron chi connectivity index (χ3n) is 1.81. The average molecular weight is 188 g/mol. The standard InChI is InChI=1S/C9H20O2Si/c1-8(5-6-9(10)11)7-12(2,3)4/h8H,5-7H2,1-4H3,(H,10,11). The van der Waals surface area contributed by atoms with Gasteiger partial charge >= 0.3 is 5.97 Å². The molecule has 0 aliphatic carbocycles. The average Bonchev–Trinajstić information content (AvgIpc) is 1.79. The van der Waals surface area contributed by atoms with Crippen LogP contribution < -0.4 is 0 Å². The van der Waals surface area contributed by atoms with Crippen molar-refractivity contribution in [3.63, 3.8) is 0 Å². The van der Waals surface area contributed by atoms with Crippen molar-refractivity contribution in [1.82, 2.24) is 0 Å². The molecule has 12 heavy (non-hydrogen) atoms. The molecular weight excluding hydrogens is 168 g/mol. The summed E-state index contributed by atoms with van der Waals surface area (Å²) in [6.07, 6.45) is 1.16. The second kappa shape index (κ2) is 4.65. The molecule has 0 aliphatic rings. The first-order chi connectivity index (χ1) is 5.31. The summed E-state index contributed by atoms with van der Waals surface area (Å²) in [5.74, 6) is -0.0924. The maximum absolute atomic E-state index is 10.3. The Kier molecular flexibility index (Phi) is 4.53. The molecule has 2 nitrogen and oxygen atoms in total. The maximum Gasteiger partial charge on any atom is 0.303 e. The fourth-order valence-electron chi connectivity index (χ4n) is 1.52. The molecule has 0 spiro atoms. The Balaban J connectivity index is 3.60. The van der Waals surface area contributed by atoms with Crippen LogP contribution >= 0.6 is 0 Å². The van der Waals surface area contributed by atoms with Crippen LogP contribution in [0.1, 0.15) is 19.8 Å². The summed E-state index contributed by atoms with van der Waals surface area (Å²) in [4.78, 5) is 10.3. The van der Waals surface area contributed by atoms with Gasteiger partial charge in [0.25, 0.3) is 0 Å². The monoisotopic (exact) mass is 188 g/mol. The molecule has 1 unspecified atom stereocenters. The van der Waals surface area contributed by atoms with E-state index in [2.05, 4.69) is 26.6 Å². The first kappa shape index (κ1) is 11.7. The lowest BCUT2D eigenvalue weighted by Crippen LogP contribution is -2.22. The minimum atomic E-state index is -0.985. The zero-order valence-electron chi connectivity index (χ0n) is 8.55. The smallest absolute Gasteiger partial charge is 0.303 e. The summed E-state index contributed by atoms with van der Waals surface area (Å²) in [5.41, 5.74) is 0. The van der Waals surface area contributed by atoms with Crippen LogP contribution in [-0.4, -0.2) is 19.1 Å². The minimum Gasteiger partial charge on any atom is -0.481 e. The molecule has 0 radical (unpaired) electrons. The van der Waals surface area contributed by atoms with Gasteiger partial charge in [-0.15, -0.1) is 0 Å². The van der Waals surface area contributed by atoms with Crippen molar-refractivity contribution in [2.75, 3.05) is 0 Å². The number of rotatable bonds is 5. The van der Waals surface area contributed by atoms with Gasteiger partial charge in [-0.1, -0.05) is 32.6 Å². The van der Waals surface area contributed by atoms with Crippen LogP contribution in [0.15, 0.2) is 0 Å². The van der Waals surface area contributed by atoms with Gasteiger partial charge in [0.05, 0.1) is 0 Å². The highest BCUT2D eigenvalue weighted by molar-refractivity contribution is 6.76. The third-order valence-corrected chi connectivity index (χ3v) is 3.73. The zero-order chi connectivity index (χ0) is 9.78. The molecular formula is C9H20O2Si. The Bertz CT molecular complexity index is 149. The predicted octanol–water partition coefficient (Wildman–Crippen LogP) is 2.83. The predicted molar refractivity (Wildman–Crippen MR) is 54.2 cm³/mol. The SMILES string of the molecule is CC(CCC(=O)O)C[Si](C)(C)C. The Morgan fingerprint density at radius 3 is 2.25 bits per heavy atom. The molecule has 0 aromatic carbocycles. The summed E-state index contributed by atoms with van der Waals surface area (Å²) in [5, 5.41) is 8.47. The van der Waals surface area contributed by atoms with Crippen molar-refractivity contribution in [1.29, 1.82) is 0 Å². The summed E-state index contributed by atoms with van der Waals surface area (Å²) in [6, 6.07) is 1.24. The van der Waals surface area contributed by atoms with E-state index in [1.807, 2.05) is 0 Å². The van der Waals surface area contributed by atoms with Gasteiger partial charge in [-0.25, -0.2) is 0 Å². The molecule has 1 N–H and O–H groups in total. The van der Waals surface area contributed by atoms with Crippen molar-refractivity contribution in [3.8, 4) is 0 Å². The van der Waals surface area contributed by atoms with Crippen LogP contribution in [0, 0.1) is 5.92 Å². The van der Waals surface area contributed by atoms with Gasteiger partial charge in [0.15, 0.2) is 0 Å². The fraction of sp³-hybridized carbons (Fsp3) is 0.889. The quantitative estimate of drug-likeness (QED) is 0.674. The highest BCUT2D eigenvalue weighted by Gasteiger charge is 2.17. The second-order valence-corrected chi connectivity index (χ2v) is 10.3. The van der Waals surface area contributed by atoms with Gasteiger partial charge in [-0.2, -0.15) is 0 Å². The lowest BCUT2D eigenvalue weighted by atomic mass is 10.1. The molecule has 0 aromatic heterocycles. The molecule has 0 heterocycles. The van der Waals surface area contributed by atoms with E-state index in [0.717, 1.165) is 6.42 Å². The van der Waals surface area contributed by atoms with Gasteiger partial charge in [-0.3, -0.25) is 4.79 Å². The number of carbonyl (C=O) groups is 1. The lowest BCUT2D eigenvalue weighted by Gasteiger charge is -2.20. The molecule has 0 amide bonds. The number of hydrogen-bond acceptors (Lipinski definition) is 1. The molecule has 0 aliphatic heterocycles. The Morgan fingerprint density at radius 2 is 1.92 bits per heavy atom. The van der Waals surface area contributed by atoms with E-state index >= 15 is 0 Å². The maximum atomic E-state index is 10.3. The Labute approximate surface area is 76.0 Å². The van der Waals surface area contributed by atoms with Gasteiger partial charge in [0, 0.05) is 14.5 Å². The highest BCUT2D eigenvalue weighted by atomic mass is 28.3. The summed E-state index contributed by atoms with van der Waals surface area (Å²) < 4.78 is 0. The Morgan fingerprint density at radius 1 is 1.42 bits per heavy atom. The van der Waals surface area contributed by atoms with Gasteiger partial charge in [-0.05, 0) is 12.3 Å². The normalized spacial score (nSPS) is 14.3. The van der Waals surface area contributed by atoms with E-state index < -0.39 is 14.0 Å². The first-order valence-electron chi connectivity index (χ1n) is 4.53. The van der Waals surface area contributed by atoms with E-state index in [1.54, 1.807) is 0 Å². The largest absolute Gasteiger partial charge is 0.481 e. The van der Waals surface area contributed by atoms with Crippen molar-refractivity contribution in [3.05, 3.63) is 0 Å². The minimum absolute atomic E-state index is 0.325. The number of hydrogen-bond donors (Lipinski definition) is 1. The highest BCUT2D eigenvalue weighted by Crippen LogP contribution is 2.20. The van der Waals surface area contributed by atoms with E-state index in [4.69, 9.17) is 5.11 Å². The third kappa shape index (κ3) is 7.79. The summed E-state index contributed by atoms with van der Waals surface area (Å²) in [6.45, 7) is 9.12. The van der Waals surface area contributed by atoms with Crippen molar-refractivity contribution in [2.45, 2.75) is 45.5 Å². The van der Waals surface area contributed by atoms with Crippen LogP contribution in [0.3, 0.4) is 0 Å². The topological polar surface area (TPSA) is 37.3 Å². The van der Waals surface area contributed by atoms with Crippen LogP contribution in [-0.2, 0) is 4.79 Å². The van der Waals surface area contributed by atoms with Gasteiger partial charge in [0.2, 0.25) is 0 Å². The van der Waals surface area contributed by atoms with E-state index in [1.165, 1.54) is 6.04 Å². The number of carboxylic acid groups (broad SMARTS) is 1. The molecule has 0 rings (SSSR count). The molecule has 3 heteroatoms. The van der Waals surface area contributed by atoms with E-state index in [0.29, 0.717) is 12.3 Å².